The van der Waals surface area contributed by atoms with Crippen molar-refractivity contribution in [1.82, 2.24) is 4.90 Å². The quantitative estimate of drug-likeness (QED) is 0.850. The van der Waals surface area contributed by atoms with Gasteiger partial charge in [-0.1, -0.05) is 24.9 Å². The molecule has 16 heavy (non-hydrogen) atoms. The number of likely N-dealkylation sites (N-methyl/N-ethyl adjacent to an activating group) is 1. The molecule has 0 saturated carbocycles. The van der Waals surface area contributed by atoms with E-state index in [-0.39, 0.29) is 5.54 Å². The van der Waals surface area contributed by atoms with E-state index in [4.69, 9.17) is 17.3 Å². The summed E-state index contributed by atoms with van der Waals surface area (Å²) in [7, 11) is 2.11. The Hall–Kier alpha value is -0.0900. The minimum atomic E-state index is -0.0927. The predicted octanol–water partition coefficient (Wildman–Crippen LogP) is 3.35. The van der Waals surface area contributed by atoms with Crippen molar-refractivity contribution in [1.29, 1.82) is 0 Å². The Balaban J connectivity index is 2.44. The van der Waals surface area contributed by atoms with E-state index in [0.29, 0.717) is 0 Å². The highest BCUT2D eigenvalue weighted by Crippen LogP contribution is 2.23. The van der Waals surface area contributed by atoms with E-state index in [1.54, 1.807) is 11.3 Å². The fourth-order valence-electron chi connectivity index (χ4n) is 2.03. The monoisotopic (exact) mass is 260 g/mol. The van der Waals surface area contributed by atoms with Crippen LogP contribution in [0.2, 0.25) is 4.34 Å². The third kappa shape index (κ3) is 4.83. The van der Waals surface area contributed by atoms with Gasteiger partial charge >= 0.3 is 0 Å². The summed E-state index contributed by atoms with van der Waals surface area (Å²) < 4.78 is 0.854. The minimum absolute atomic E-state index is 0.0927. The van der Waals surface area contributed by atoms with Crippen molar-refractivity contribution >= 4 is 22.9 Å². The van der Waals surface area contributed by atoms with Crippen LogP contribution < -0.4 is 5.73 Å². The Morgan fingerprint density at radius 2 is 2.19 bits per heavy atom. The van der Waals surface area contributed by atoms with E-state index >= 15 is 0 Å². The first-order chi connectivity index (χ1) is 7.43. The van der Waals surface area contributed by atoms with Gasteiger partial charge in [0.2, 0.25) is 0 Å². The third-order valence-electron chi connectivity index (χ3n) is 2.51. The molecule has 0 radical (unpaired) electrons. The number of nitrogens with zero attached hydrogens (tertiary/aromatic N) is 1. The van der Waals surface area contributed by atoms with Gasteiger partial charge in [0.25, 0.3) is 0 Å². The maximum Gasteiger partial charge on any atom is 0.0931 e. The smallest absolute Gasteiger partial charge is 0.0931 e. The molecule has 0 aliphatic carbocycles. The molecule has 1 aromatic rings. The summed E-state index contributed by atoms with van der Waals surface area (Å²) in [5.74, 6) is 0. The molecule has 0 amide bonds. The van der Waals surface area contributed by atoms with Crippen LogP contribution in [0.3, 0.4) is 0 Å². The Morgan fingerprint density at radius 1 is 1.50 bits per heavy atom. The van der Waals surface area contributed by atoms with E-state index < -0.39 is 0 Å². The van der Waals surface area contributed by atoms with Crippen LogP contribution in [0.15, 0.2) is 12.1 Å². The summed E-state index contributed by atoms with van der Waals surface area (Å²) in [6, 6.07) is 4.03. The molecule has 2 N–H and O–H groups in total. The molecule has 1 unspecified atom stereocenters. The number of halogens is 1. The lowest BCUT2D eigenvalue weighted by molar-refractivity contribution is 0.242. The molecule has 0 bridgehead atoms. The molecular weight excluding hydrogens is 240 g/mol. The minimum Gasteiger partial charge on any atom is -0.324 e. The van der Waals surface area contributed by atoms with Gasteiger partial charge < -0.3 is 5.73 Å². The number of nitrogens with two attached hydrogens (primary N) is 1. The van der Waals surface area contributed by atoms with Crippen molar-refractivity contribution in [2.75, 3.05) is 13.6 Å². The molecule has 0 aromatic carbocycles. The first-order valence-electron chi connectivity index (χ1n) is 5.64. The molecule has 0 aliphatic heterocycles. The second-order valence-corrected chi connectivity index (χ2v) is 6.58. The summed E-state index contributed by atoms with van der Waals surface area (Å²) in [6.07, 6.45) is 2.19. The average Bonchev–Trinajstić information content (AvgIpc) is 2.49. The lowest BCUT2D eigenvalue weighted by atomic mass is 9.97. The normalized spacial score (nSPS) is 15.4. The van der Waals surface area contributed by atoms with Crippen LogP contribution in [0.5, 0.6) is 0 Å². The van der Waals surface area contributed by atoms with Crippen LogP contribution >= 0.6 is 22.9 Å². The molecule has 1 heterocycles. The maximum atomic E-state index is 6.22. The second-order valence-electron chi connectivity index (χ2n) is 4.78. The van der Waals surface area contributed by atoms with Crippen molar-refractivity contribution in [2.24, 2.45) is 5.73 Å². The highest BCUT2D eigenvalue weighted by molar-refractivity contribution is 7.16. The maximum absolute atomic E-state index is 6.22. The zero-order chi connectivity index (χ0) is 12.2. The predicted molar refractivity (Wildman–Crippen MR) is 73.2 cm³/mol. The zero-order valence-corrected chi connectivity index (χ0v) is 11.9. The summed E-state index contributed by atoms with van der Waals surface area (Å²) >= 11 is 7.54. The van der Waals surface area contributed by atoms with Crippen LogP contribution in [0.4, 0.5) is 0 Å². The first-order valence-corrected chi connectivity index (χ1v) is 6.84. The van der Waals surface area contributed by atoms with Crippen molar-refractivity contribution < 1.29 is 0 Å². The Bertz CT molecular complexity index is 323. The molecule has 0 spiro atoms. The van der Waals surface area contributed by atoms with Gasteiger partial charge in [0, 0.05) is 23.5 Å². The van der Waals surface area contributed by atoms with Crippen LogP contribution in [0.1, 0.15) is 31.6 Å². The number of thiophene rings is 1. The van der Waals surface area contributed by atoms with E-state index in [1.807, 2.05) is 6.07 Å². The summed E-state index contributed by atoms with van der Waals surface area (Å²) in [6.45, 7) is 6.13. The zero-order valence-electron chi connectivity index (χ0n) is 10.3. The molecule has 1 atom stereocenters. The standard InChI is InChI=1S/C12H21ClN2S/c1-4-7-12(2,14)9-15(3)8-10-5-6-11(13)16-10/h5-6H,4,7-9,14H2,1-3H3. The fraction of sp³-hybridized carbons (Fsp3) is 0.667. The van der Waals surface area contributed by atoms with Gasteiger partial charge in [-0.2, -0.15) is 0 Å². The Morgan fingerprint density at radius 3 is 2.69 bits per heavy atom. The van der Waals surface area contributed by atoms with Crippen LogP contribution in [-0.2, 0) is 6.54 Å². The molecule has 1 rings (SSSR count). The molecule has 2 nitrogen and oxygen atoms in total. The molecule has 0 saturated heterocycles. The topological polar surface area (TPSA) is 29.3 Å². The lowest BCUT2D eigenvalue weighted by Gasteiger charge is -2.29. The number of rotatable bonds is 6. The second kappa shape index (κ2) is 6.01. The molecule has 4 heteroatoms. The van der Waals surface area contributed by atoms with Crippen molar-refractivity contribution in [3.05, 3.63) is 21.3 Å². The van der Waals surface area contributed by atoms with E-state index in [0.717, 1.165) is 30.3 Å². The van der Waals surface area contributed by atoms with Crippen LogP contribution in [0.25, 0.3) is 0 Å². The molecule has 0 fully saturated rings. The number of hydrogen-bond acceptors (Lipinski definition) is 3. The largest absolute Gasteiger partial charge is 0.324 e. The van der Waals surface area contributed by atoms with Crippen LogP contribution in [0, 0.1) is 0 Å². The van der Waals surface area contributed by atoms with Gasteiger partial charge in [-0.05, 0) is 32.5 Å². The van der Waals surface area contributed by atoms with Gasteiger partial charge in [0.1, 0.15) is 0 Å². The van der Waals surface area contributed by atoms with Gasteiger partial charge in [0.15, 0.2) is 0 Å². The van der Waals surface area contributed by atoms with Gasteiger partial charge in [-0.3, -0.25) is 4.90 Å². The van der Waals surface area contributed by atoms with Crippen molar-refractivity contribution in [3.8, 4) is 0 Å². The molecule has 92 valence electrons. The Kier molecular flexibility index (Phi) is 5.25. The highest BCUT2D eigenvalue weighted by atomic mass is 35.5. The number of hydrogen-bond donors (Lipinski definition) is 1. The summed E-state index contributed by atoms with van der Waals surface area (Å²) in [5.41, 5.74) is 6.13. The SMILES string of the molecule is CCCC(C)(N)CN(C)Cc1ccc(Cl)s1. The Labute approximate surface area is 107 Å². The average molecular weight is 261 g/mol. The fourth-order valence-corrected chi connectivity index (χ4v) is 3.19. The van der Waals surface area contributed by atoms with E-state index in [2.05, 4.69) is 31.9 Å². The summed E-state index contributed by atoms with van der Waals surface area (Å²) in [5, 5.41) is 0. The molecular formula is C12H21ClN2S. The van der Waals surface area contributed by atoms with Crippen LogP contribution in [-0.4, -0.2) is 24.0 Å². The molecule has 0 aliphatic rings. The highest BCUT2D eigenvalue weighted by Gasteiger charge is 2.19. The van der Waals surface area contributed by atoms with Gasteiger partial charge in [-0.15, -0.1) is 11.3 Å². The van der Waals surface area contributed by atoms with Gasteiger partial charge in [-0.25, -0.2) is 0 Å². The third-order valence-corrected chi connectivity index (χ3v) is 3.72. The molecule has 1 aromatic heterocycles. The summed E-state index contributed by atoms with van der Waals surface area (Å²) in [4.78, 5) is 3.55. The lowest BCUT2D eigenvalue weighted by Crippen LogP contribution is -2.46. The van der Waals surface area contributed by atoms with Crippen molar-refractivity contribution in [2.45, 2.75) is 38.8 Å². The first kappa shape index (κ1) is 14.0. The van der Waals surface area contributed by atoms with Gasteiger partial charge in [0.05, 0.1) is 4.34 Å². The van der Waals surface area contributed by atoms with Crippen molar-refractivity contribution in [3.63, 3.8) is 0 Å². The van der Waals surface area contributed by atoms with E-state index in [1.165, 1.54) is 4.88 Å². The van der Waals surface area contributed by atoms with E-state index in [9.17, 15) is 0 Å².